The summed E-state index contributed by atoms with van der Waals surface area (Å²) in [5, 5.41) is 1.11. The summed E-state index contributed by atoms with van der Waals surface area (Å²) in [5.41, 5.74) is 2.21. The zero-order valence-electron chi connectivity index (χ0n) is 11.2. The van der Waals surface area contributed by atoms with Crippen LogP contribution in [-0.4, -0.2) is 16.3 Å². The van der Waals surface area contributed by atoms with Crippen LogP contribution in [0.4, 0.5) is 5.69 Å². The third-order valence-corrected chi connectivity index (χ3v) is 3.85. The molecular weight excluding hydrogens is 264 g/mol. The number of para-hydroxylation sites is 2. The van der Waals surface area contributed by atoms with Gasteiger partial charge in [0.05, 0.1) is 11.3 Å². The van der Waals surface area contributed by atoms with E-state index in [4.69, 9.17) is 0 Å². The van der Waals surface area contributed by atoms with Crippen molar-refractivity contribution in [2.24, 2.45) is 0 Å². The van der Waals surface area contributed by atoms with Gasteiger partial charge < -0.3 is 4.57 Å². The maximum Gasteiger partial charge on any atom is 0.300 e. The molecule has 2 aromatic carbocycles. The normalized spacial score (nSPS) is 14.0. The number of carbonyl (C=O) groups excluding carboxylic acids is 2. The molecule has 1 aliphatic heterocycles. The molecule has 4 heteroatoms. The third kappa shape index (κ3) is 1.69. The van der Waals surface area contributed by atoms with E-state index in [1.54, 1.807) is 12.1 Å². The first-order chi connectivity index (χ1) is 10.3. The number of fused-ring (bicyclic) bond motifs is 2. The number of benzene rings is 2. The summed E-state index contributed by atoms with van der Waals surface area (Å²) in [6.07, 6.45) is 1.93. The smallest absolute Gasteiger partial charge is 0.300 e. The van der Waals surface area contributed by atoms with Gasteiger partial charge in [0.1, 0.15) is 6.67 Å². The average molecular weight is 276 g/mol. The summed E-state index contributed by atoms with van der Waals surface area (Å²) in [7, 11) is 0. The summed E-state index contributed by atoms with van der Waals surface area (Å²) >= 11 is 0. The minimum absolute atomic E-state index is 0.342. The number of carbonyl (C=O) groups is 2. The molecule has 0 saturated carbocycles. The molecule has 0 atom stereocenters. The molecular formula is C17H12N2O2. The number of rotatable bonds is 2. The predicted molar refractivity (Wildman–Crippen MR) is 80.2 cm³/mol. The lowest BCUT2D eigenvalue weighted by Gasteiger charge is -2.18. The van der Waals surface area contributed by atoms with Crippen molar-refractivity contribution in [3.63, 3.8) is 0 Å². The summed E-state index contributed by atoms with van der Waals surface area (Å²) in [4.78, 5) is 25.7. The molecule has 2 heterocycles. The Bertz CT molecular complexity index is 879. The van der Waals surface area contributed by atoms with E-state index in [-0.39, 0.29) is 0 Å². The van der Waals surface area contributed by atoms with Gasteiger partial charge in [0.2, 0.25) is 0 Å². The first-order valence-electron chi connectivity index (χ1n) is 6.75. The number of hydrogen-bond acceptors (Lipinski definition) is 2. The minimum Gasteiger partial charge on any atom is -0.329 e. The molecule has 1 aliphatic rings. The second-order valence-electron chi connectivity index (χ2n) is 5.07. The van der Waals surface area contributed by atoms with Crippen molar-refractivity contribution < 1.29 is 9.59 Å². The van der Waals surface area contributed by atoms with Crippen molar-refractivity contribution in [3.05, 3.63) is 66.4 Å². The van der Waals surface area contributed by atoms with Crippen molar-refractivity contribution in [2.75, 3.05) is 4.90 Å². The number of ketones is 1. The van der Waals surface area contributed by atoms with Crippen LogP contribution in [0.3, 0.4) is 0 Å². The molecule has 1 amide bonds. The zero-order valence-corrected chi connectivity index (χ0v) is 11.2. The van der Waals surface area contributed by atoms with Gasteiger partial charge in [-0.3, -0.25) is 14.5 Å². The summed E-state index contributed by atoms with van der Waals surface area (Å²) < 4.78 is 1.97. The second kappa shape index (κ2) is 4.31. The van der Waals surface area contributed by atoms with E-state index in [9.17, 15) is 9.59 Å². The van der Waals surface area contributed by atoms with E-state index < -0.39 is 11.7 Å². The topological polar surface area (TPSA) is 42.3 Å². The number of Topliss-reactive ketones (excluding diaryl/α,β-unsaturated/α-hetero) is 1. The lowest BCUT2D eigenvalue weighted by Crippen LogP contribution is -2.31. The molecule has 102 valence electrons. The van der Waals surface area contributed by atoms with E-state index in [1.807, 2.05) is 53.2 Å². The SMILES string of the molecule is O=C1C(=O)N(Cn2ccc3ccccc32)c2ccccc21. The van der Waals surface area contributed by atoms with Gasteiger partial charge >= 0.3 is 5.91 Å². The highest BCUT2D eigenvalue weighted by Gasteiger charge is 2.35. The first-order valence-corrected chi connectivity index (χ1v) is 6.75. The van der Waals surface area contributed by atoms with E-state index in [0.29, 0.717) is 17.9 Å². The highest BCUT2D eigenvalue weighted by Crippen LogP contribution is 2.29. The molecule has 4 nitrogen and oxygen atoms in total. The largest absolute Gasteiger partial charge is 0.329 e. The third-order valence-electron chi connectivity index (χ3n) is 3.85. The fourth-order valence-electron chi connectivity index (χ4n) is 2.80. The summed E-state index contributed by atoms with van der Waals surface area (Å²) in [5.74, 6) is -0.893. The van der Waals surface area contributed by atoms with Crippen molar-refractivity contribution in [3.8, 4) is 0 Å². The van der Waals surface area contributed by atoms with Gasteiger partial charge in [0, 0.05) is 11.7 Å². The highest BCUT2D eigenvalue weighted by atomic mass is 16.2. The van der Waals surface area contributed by atoms with E-state index in [1.165, 1.54) is 4.90 Å². The molecule has 0 aliphatic carbocycles. The maximum absolute atomic E-state index is 12.2. The van der Waals surface area contributed by atoms with Crippen LogP contribution >= 0.6 is 0 Å². The summed E-state index contributed by atoms with van der Waals surface area (Å²) in [6, 6.07) is 17.1. The molecule has 0 saturated heterocycles. The van der Waals surface area contributed by atoms with Gasteiger partial charge in [-0.2, -0.15) is 0 Å². The quantitative estimate of drug-likeness (QED) is 0.675. The summed E-state index contributed by atoms with van der Waals surface area (Å²) in [6.45, 7) is 0.342. The zero-order chi connectivity index (χ0) is 14.4. The fraction of sp³-hybridized carbons (Fsp3) is 0.0588. The van der Waals surface area contributed by atoms with Crippen LogP contribution in [0.2, 0.25) is 0 Å². The Balaban J connectivity index is 1.78. The molecule has 0 bridgehead atoms. The van der Waals surface area contributed by atoms with Crippen LogP contribution in [0.15, 0.2) is 60.8 Å². The van der Waals surface area contributed by atoms with E-state index in [2.05, 4.69) is 0 Å². The Labute approximate surface area is 121 Å². The molecule has 21 heavy (non-hydrogen) atoms. The predicted octanol–water partition coefficient (Wildman–Crippen LogP) is 2.83. The standard InChI is InChI=1S/C17H12N2O2/c20-16-13-6-2-4-8-15(13)19(17(16)21)11-18-10-9-12-5-1-3-7-14(12)18/h1-10H,11H2. The molecule has 0 radical (unpaired) electrons. The van der Waals surface area contributed by atoms with Crippen LogP contribution in [0.1, 0.15) is 10.4 Å². The van der Waals surface area contributed by atoms with Gasteiger partial charge in [0.15, 0.2) is 0 Å². The first kappa shape index (κ1) is 11.9. The van der Waals surface area contributed by atoms with Crippen LogP contribution in [0, 0.1) is 0 Å². The number of anilines is 1. The number of amides is 1. The van der Waals surface area contributed by atoms with Crippen LogP contribution in [-0.2, 0) is 11.5 Å². The Morgan fingerprint density at radius 1 is 0.857 bits per heavy atom. The molecule has 4 rings (SSSR count). The Kier molecular flexibility index (Phi) is 2.44. The van der Waals surface area contributed by atoms with Gasteiger partial charge in [0.25, 0.3) is 5.78 Å². The molecule has 0 unspecified atom stereocenters. The van der Waals surface area contributed by atoms with E-state index >= 15 is 0 Å². The monoisotopic (exact) mass is 276 g/mol. The highest BCUT2D eigenvalue weighted by molar-refractivity contribution is 6.52. The molecule has 0 N–H and O–H groups in total. The molecule has 1 aromatic heterocycles. The molecule has 0 spiro atoms. The van der Waals surface area contributed by atoms with Crippen LogP contribution in [0.25, 0.3) is 10.9 Å². The fourth-order valence-corrected chi connectivity index (χ4v) is 2.80. The average Bonchev–Trinajstić information content (AvgIpc) is 3.04. The lowest BCUT2D eigenvalue weighted by molar-refractivity contribution is -0.114. The second-order valence-corrected chi connectivity index (χ2v) is 5.07. The van der Waals surface area contributed by atoms with Crippen molar-refractivity contribution in [1.82, 2.24) is 4.57 Å². The van der Waals surface area contributed by atoms with Crippen LogP contribution < -0.4 is 4.90 Å². The molecule has 3 aromatic rings. The maximum atomic E-state index is 12.2. The Hall–Kier alpha value is -2.88. The van der Waals surface area contributed by atoms with Gasteiger partial charge in [-0.15, -0.1) is 0 Å². The van der Waals surface area contributed by atoms with Crippen LogP contribution in [0.5, 0.6) is 0 Å². The number of aromatic nitrogens is 1. The van der Waals surface area contributed by atoms with Gasteiger partial charge in [-0.1, -0.05) is 30.3 Å². The Morgan fingerprint density at radius 3 is 2.52 bits per heavy atom. The Morgan fingerprint density at radius 2 is 1.62 bits per heavy atom. The van der Waals surface area contributed by atoms with Gasteiger partial charge in [-0.25, -0.2) is 0 Å². The molecule has 0 fully saturated rings. The van der Waals surface area contributed by atoms with Crippen molar-refractivity contribution in [2.45, 2.75) is 6.67 Å². The van der Waals surface area contributed by atoms with Crippen molar-refractivity contribution in [1.29, 1.82) is 0 Å². The lowest BCUT2D eigenvalue weighted by atomic mass is 10.1. The van der Waals surface area contributed by atoms with Crippen molar-refractivity contribution >= 4 is 28.3 Å². The van der Waals surface area contributed by atoms with Gasteiger partial charge in [-0.05, 0) is 29.7 Å². The number of hydrogen-bond donors (Lipinski definition) is 0. The minimum atomic E-state index is -0.464. The number of nitrogens with zero attached hydrogens (tertiary/aromatic N) is 2. The van der Waals surface area contributed by atoms with E-state index in [0.717, 1.165) is 10.9 Å².